The molecule has 30 heavy (non-hydrogen) atoms. The van der Waals surface area contributed by atoms with E-state index in [0.717, 1.165) is 11.1 Å². The number of pyridine rings is 1. The summed E-state index contributed by atoms with van der Waals surface area (Å²) in [6, 6.07) is 18.0. The third kappa shape index (κ3) is 4.68. The molecule has 0 aliphatic rings. The first-order valence-corrected chi connectivity index (χ1v) is 11.3. The fourth-order valence-corrected chi connectivity index (χ4v) is 4.45. The molecule has 0 bridgehead atoms. The topological polar surface area (TPSA) is 135 Å². The van der Waals surface area contributed by atoms with Crippen LogP contribution in [0.5, 0.6) is 0 Å². The van der Waals surface area contributed by atoms with Crippen LogP contribution >= 0.6 is 11.8 Å². The van der Waals surface area contributed by atoms with Gasteiger partial charge >= 0.3 is 0 Å². The van der Waals surface area contributed by atoms with E-state index in [9.17, 15) is 13.7 Å². The monoisotopic (exact) mass is 437 g/mol. The summed E-state index contributed by atoms with van der Waals surface area (Å²) in [5, 5.41) is 15.6. The molecule has 4 N–H and O–H groups in total. The Hall–Kier alpha value is -3.19. The maximum atomic E-state index is 11.6. The third-order valence-corrected chi connectivity index (χ3v) is 6.22. The van der Waals surface area contributed by atoms with Crippen LogP contribution in [0.4, 0.5) is 5.82 Å². The van der Waals surface area contributed by atoms with Crippen molar-refractivity contribution < 1.29 is 8.42 Å². The van der Waals surface area contributed by atoms with Gasteiger partial charge in [-0.3, -0.25) is 4.99 Å². The standard InChI is InChI=1S/C21H19N5O2S2/c1-25-12-18-19(15-7-3-2-4-8-15)17(11-22)21(26-20(18)23)29-13-14-6-5-9-16(10-14)30(24,27)28/h2-10,12H,13H2,1H3,(H2,23,26)(H2,24,27,28). The van der Waals surface area contributed by atoms with Crippen LogP contribution in [0.1, 0.15) is 16.7 Å². The lowest BCUT2D eigenvalue weighted by Crippen LogP contribution is -2.12. The number of nitrogen functional groups attached to an aromatic ring is 1. The summed E-state index contributed by atoms with van der Waals surface area (Å²) < 4.78 is 23.2. The van der Waals surface area contributed by atoms with Crippen molar-refractivity contribution in [3.8, 4) is 17.2 Å². The second kappa shape index (κ2) is 9.09. The number of anilines is 1. The zero-order valence-corrected chi connectivity index (χ0v) is 17.7. The third-order valence-electron chi connectivity index (χ3n) is 4.27. The van der Waals surface area contributed by atoms with Gasteiger partial charge in [0.2, 0.25) is 10.0 Å². The fourth-order valence-electron chi connectivity index (χ4n) is 2.93. The van der Waals surface area contributed by atoms with E-state index in [1.807, 2.05) is 30.3 Å². The second-order valence-corrected chi connectivity index (χ2v) is 8.84. The van der Waals surface area contributed by atoms with Crippen molar-refractivity contribution in [1.82, 2.24) is 4.98 Å². The van der Waals surface area contributed by atoms with Gasteiger partial charge < -0.3 is 5.73 Å². The Balaban J connectivity index is 2.06. The molecule has 1 heterocycles. The zero-order valence-electron chi connectivity index (χ0n) is 16.1. The summed E-state index contributed by atoms with van der Waals surface area (Å²) in [5.74, 6) is 0.652. The molecule has 0 unspecified atom stereocenters. The number of thioether (sulfide) groups is 1. The van der Waals surface area contributed by atoms with Gasteiger partial charge in [0.05, 0.1) is 10.5 Å². The molecule has 152 valence electrons. The largest absolute Gasteiger partial charge is 0.383 e. The molecule has 3 aromatic rings. The van der Waals surface area contributed by atoms with Gasteiger partial charge in [-0.2, -0.15) is 5.26 Å². The van der Waals surface area contributed by atoms with Crippen molar-refractivity contribution in [3.05, 3.63) is 71.3 Å². The number of hydrogen-bond donors (Lipinski definition) is 2. The Morgan fingerprint density at radius 3 is 2.57 bits per heavy atom. The molecule has 0 amide bonds. The van der Waals surface area contributed by atoms with Crippen molar-refractivity contribution in [3.63, 3.8) is 0 Å². The van der Waals surface area contributed by atoms with Gasteiger partial charge in [-0.15, -0.1) is 11.8 Å². The molecular formula is C21H19N5O2S2. The maximum Gasteiger partial charge on any atom is 0.238 e. The van der Waals surface area contributed by atoms with E-state index in [0.29, 0.717) is 27.5 Å². The number of sulfonamides is 1. The smallest absolute Gasteiger partial charge is 0.238 e. The van der Waals surface area contributed by atoms with Gasteiger partial charge in [0.1, 0.15) is 16.9 Å². The summed E-state index contributed by atoms with van der Waals surface area (Å²) in [4.78, 5) is 8.51. The van der Waals surface area contributed by atoms with Gasteiger partial charge in [-0.05, 0) is 23.3 Å². The average Bonchev–Trinajstić information content (AvgIpc) is 2.74. The molecule has 0 aliphatic heterocycles. The first-order valence-electron chi connectivity index (χ1n) is 8.81. The van der Waals surface area contributed by atoms with Crippen LogP contribution in [-0.4, -0.2) is 26.7 Å². The number of primary sulfonamides is 1. The number of aliphatic imine (C=N–C) groups is 1. The van der Waals surface area contributed by atoms with E-state index >= 15 is 0 Å². The van der Waals surface area contributed by atoms with Crippen molar-refractivity contribution in [2.24, 2.45) is 10.1 Å². The lowest BCUT2D eigenvalue weighted by Gasteiger charge is -2.14. The quantitative estimate of drug-likeness (QED) is 0.449. The van der Waals surface area contributed by atoms with E-state index in [1.165, 1.54) is 23.9 Å². The van der Waals surface area contributed by atoms with Gasteiger partial charge in [0.25, 0.3) is 0 Å². The van der Waals surface area contributed by atoms with Crippen molar-refractivity contribution in [2.75, 3.05) is 12.8 Å². The average molecular weight is 438 g/mol. The van der Waals surface area contributed by atoms with Gasteiger partial charge in [-0.1, -0.05) is 42.5 Å². The molecule has 0 spiro atoms. The Morgan fingerprint density at radius 1 is 1.20 bits per heavy atom. The van der Waals surface area contributed by atoms with E-state index in [4.69, 9.17) is 10.9 Å². The van der Waals surface area contributed by atoms with Crippen LogP contribution in [0, 0.1) is 11.3 Å². The van der Waals surface area contributed by atoms with E-state index in [-0.39, 0.29) is 10.7 Å². The molecule has 0 fully saturated rings. The second-order valence-electron chi connectivity index (χ2n) is 6.31. The Labute approximate surface area is 179 Å². The number of nitrogens with two attached hydrogens (primary N) is 2. The normalized spacial score (nSPS) is 11.5. The van der Waals surface area contributed by atoms with Crippen LogP contribution in [-0.2, 0) is 15.8 Å². The Morgan fingerprint density at radius 2 is 1.93 bits per heavy atom. The summed E-state index contributed by atoms with van der Waals surface area (Å²) >= 11 is 1.30. The minimum absolute atomic E-state index is 0.0352. The van der Waals surface area contributed by atoms with Gasteiger partial charge in [-0.25, -0.2) is 18.5 Å². The number of rotatable bonds is 6. The van der Waals surface area contributed by atoms with Crippen molar-refractivity contribution >= 4 is 33.8 Å². The molecule has 0 radical (unpaired) electrons. The first kappa shape index (κ1) is 21.5. The molecule has 3 rings (SSSR count). The number of aromatic nitrogens is 1. The maximum absolute atomic E-state index is 11.6. The molecular weight excluding hydrogens is 418 g/mol. The van der Waals surface area contributed by atoms with Crippen molar-refractivity contribution in [2.45, 2.75) is 15.7 Å². The lowest BCUT2D eigenvalue weighted by molar-refractivity contribution is 0.597. The minimum Gasteiger partial charge on any atom is -0.383 e. The highest BCUT2D eigenvalue weighted by Gasteiger charge is 2.19. The molecule has 0 saturated carbocycles. The van der Waals surface area contributed by atoms with Crippen LogP contribution < -0.4 is 10.9 Å². The van der Waals surface area contributed by atoms with E-state index < -0.39 is 10.0 Å². The predicted molar refractivity (Wildman–Crippen MR) is 120 cm³/mol. The SMILES string of the molecule is CN=Cc1c(N)nc(SCc2cccc(S(N)(=O)=O)c2)c(C#N)c1-c1ccccc1. The highest BCUT2D eigenvalue weighted by atomic mass is 32.2. The molecule has 0 saturated heterocycles. The highest BCUT2D eigenvalue weighted by molar-refractivity contribution is 7.98. The zero-order chi connectivity index (χ0) is 21.7. The molecule has 2 aromatic carbocycles. The predicted octanol–water partition coefficient (Wildman–Crippen LogP) is 3.19. The van der Waals surface area contributed by atoms with Crippen LogP contribution in [0.3, 0.4) is 0 Å². The fraction of sp³-hybridized carbons (Fsp3) is 0.0952. The molecule has 0 aliphatic carbocycles. The molecule has 1 aromatic heterocycles. The number of benzene rings is 2. The molecule has 7 nitrogen and oxygen atoms in total. The van der Waals surface area contributed by atoms with E-state index in [1.54, 1.807) is 25.4 Å². The van der Waals surface area contributed by atoms with Crippen molar-refractivity contribution in [1.29, 1.82) is 5.26 Å². The summed E-state index contributed by atoms with van der Waals surface area (Å²) in [6.45, 7) is 0. The highest BCUT2D eigenvalue weighted by Crippen LogP contribution is 2.36. The number of hydrogen-bond acceptors (Lipinski definition) is 7. The summed E-state index contributed by atoms with van der Waals surface area (Å²) in [5.41, 5.74) is 9.40. The summed E-state index contributed by atoms with van der Waals surface area (Å²) in [6.07, 6.45) is 1.59. The summed E-state index contributed by atoms with van der Waals surface area (Å²) in [7, 11) is -2.17. The Bertz CT molecular complexity index is 1250. The van der Waals surface area contributed by atoms with Crippen LogP contribution in [0.25, 0.3) is 11.1 Å². The van der Waals surface area contributed by atoms with Crippen LogP contribution in [0.15, 0.2) is 69.5 Å². The first-order chi connectivity index (χ1) is 14.3. The molecule has 9 heteroatoms. The lowest BCUT2D eigenvalue weighted by atomic mass is 9.97. The minimum atomic E-state index is -3.79. The van der Waals surface area contributed by atoms with Crippen LogP contribution in [0.2, 0.25) is 0 Å². The number of nitrogens with zero attached hydrogens (tertiary/aromatic N) is 3. The van der Waals surface area contributed by atoms with Gasteiger partial charge in [0.15, 0.2) is 0 Å². The van der Waals surface area contributed by atoms with Gasteiger partial charge in [0, 0.05) is 30.1 Å². The Kier molecular flexibility index (Phi) is 6.52. The number of nitriles is 1. The molecule has 0 atom stereocenters. The van der Waals surface area contributed by atoms with E-state index in [2.05, 4.69) is 16.0 Å².